The lowest BCUT2D eigenvalue weighted by molar-refractivity contribution is 1.47. The predicted octanol–water partition coefficient (Wildman–Crippen LogP) is 18.5. The van der Waals surface area contributed by atoms with Gasteiger partial charge in [-0.2, -0.15) is 0 Å². The van der Waals surface area contributed by atoms with E-state index >= 15 is 0 Å². The van der Waals surface area contributed by atoms with Crippen molar-refractivity contribution < 1.29 is 0 Å². The fraction of sp³-hybridized carbons (Fsp3) is 0. The average Bonchev–Trinajstić information content (AvgIpc) is 3.49. The summed E-state index contributed by atoms with van der Waals surface area (Å²) in [4.78, 5) is 27.1. The Kier molecular flexibility index (Phi) is 9.27. The normalized spacial score (nSPS) is 11.9. The lowest BCUT2D eigenvalue weighted by Crippen LogP contribution is -2.03. The first-order chi connectivity index (χ1) is 37.7. The molecule has 0 radical (unpaired) electrons. The first kappa shape index (κ1) is 42.3. The van der Waals surface area contributed by atoms with Crippen molar-refractivity contribution in [2.75, 3.05) is 0 Å². The number of para-hydroxylation sites is 10. The first-order valence-corrected chi connectivity index (χ1v) is 25.8. The van der Waals surface area contributed by atoms with Crippen LogP contribution in [0.3, 0.4) is 0 Å². The molecule has 11 aromatic carbocycles. The van der Waals surface area contributed by atoms with Crippen molar-refractivity contribution in [2.45, 2.75) is 0 Å². The van der Waals surface area contributed by atoms with Crippen LogP contribution in [0.1, 0.15) is 0 Å². The van der Waals surface area contributed by atoms with E-state index in [9.17, 15) is 0 Å². The van der Waals surface area contributed by atoms with Gasteiger partial charge < -0.3 is 0 Å². The molecule has 0 bridgehead atoms. The minimum Gasteiger partial charge on any atom is -0.248 e. The third-order valence-corrected chi connectivity index (χ3v) is 15.6. The molecule has 0 amide bonds. The summed E-state index contributed by atoms with van der Waals surface area (Å²) in [6.45, 7) is 0. The quantitative estimate of drug-likeness (QED) is 0.161. The van der Waals surface area contributed by atoms with Gasteiger partial charge in [0.1, 0.15) is 0 Å². The van der Waals surface area contributed by atoms with Gasteiger partial charge in [0.2, 0.25) is 0 Å². The smallest absolute Gasteiger partial charge is 0.0715 e. The highest BCUT2D eigenvalue weighted by Crippen LogP contribution is 2.58. The molecule has 0 atom stereocenters. The molecule has 5 heterocycles. The van der Waals surface area contributed by atoms with Crippen molar-refractivity contribution in [2.24, 2.45) is 0 Å². The molecule has 5 nitrogen and oxygen atoms in total. The largest absolute Gasteiger partial charge is 0.248 e. The maximum atomic E-state index is 5.46. The van der Waals surface area contributed by atoms with E-state index in [-0.39, 0.29) is 0 Å². The van der Waals surface area contributed by atoms with Crippen LogP contribution in [0.5, 0.6) is 0 Å². The van der Waals surface area contributed by atoms with Gasteiger partial charge in [-0.05, 0) is 89.0 Å². The molecule has 5 aromatic heterocycles. The van der Waals surface area contributed by atoms with E-state index in [0.29, 0.717) is 0 Å². The molecule has 0 aliphatic rings. The van der Waals surface area contributed by atoms with Gasteiger partial charge in [-0.3, -0.25) is 0 Å². The molecule has 0 unspecified atom stereocenters. The van der Waals surface area contributed by atoms with Crippen LogP contribution in [0.2, 0.25) is 0 Å². The molecule has 0 aliphatic heterocycles. The van der Waals surface area contributed by atoms with E-state index in [1.807, 2.05) is 0 Å². The molecule has 16 aromatic rings. The Hall–Kier alpha value is -10.2. The van der Waals surface area contributed by atoms with E-state index in [2.05, 4.69) is 249 Å². The molecule has 0 saturated heterocycles. The van der Waals surface area contributed by atoms with Crippen molar-refractivity contribution in [3.05, 3.63) is 249 Å². The zero-order chi connectivity index (χ0) is 49.8. The molecule has 16 rings (SSSR count). The lowest BCUT2D eigenvalue weighted by atomic mass is 9.74. The minimum absolute atomic E-state index is 0.911. The van der Waals surface area contributed by atoms with Crippen molar-refractivity contribution in [3.63, 3.8) is 0 Å². The van der Waals surface area contributed by atoms with E-state index in [4.69, 9.17) is 24.9 Å². The van der Waals surface area contributed by atoms with Gasteiger partial charge in [0.05, 0.1) is 55.2 Å². The zero-order valence-corrected chi connectivity index (χ0v) is 40.9. The molecule has 0 fully saturated rings. The van der Waals surface area contributed by atoms with Crippen LogP contribution >= 0.6 is 0 Å². The summed E-state index contributed by atoms with van der Waals surface area (Å²) < 4.78 is 0. The molecule has 0 spiro atoms. The summed E-state index contributed by atoms with van der Waals surface area (Å²) in [5.74, 6) is 0. The summed E-state index contributed by atoms with van der Waals surface area (Å²) in [7, 11) is 0. The van der Waals surface area contributed by atoms with Crippen LogP contribution < -0.4 is 0 Å². The molecule has 5 heteroatoms. The lowest BCUT2D eigenvalue weighted by Gasteiger charge is -2.29. The van der Waals surface area contributed by atoms with Gasteiger partial charge in [0, 0.05) is 87.2 Å². The van der Waals surface area contributed by atoms with Crippen molar-refractivity contribution in [1.29, 1.82) is 0 Å². The summed E-state index contributed by atoms with van der Waals surface area (Å²) in [6.07, 6.45) is 0. The SMILES string of the molecule is c1ccc2c(-c3cc(-c4c5ccccc5nc5ccccc45)c(-c4c5ccccc5nc5ccccc45)c(-c4c5ccccc5nc5ccccc45)c3-c3c4ccccc4nc4ccccc34)c3ccccc3nc2c1. The topological polar surface area (TPSA) is 64.5 Å². The second-order valence-corrected chi connectivity index (χ2v) is 19.7. The Morgan fingerprint density at radius 2 is 0.303 bits per heavy atom. The van der Waals surface area contributed by atoms with Crippen LogP contribution in [-0.4, -0.2) is 24.9 Å². The molecule has 76 heavy (non-hydrogen) atoms. The second-order valence-electron chi connectivity index (χ2n) is 19.7. The number of fused-ring (bicyclic) bond motifs is 10. The van der Waals surface area contributed by atoms with E-state index in [1.54, 1.807) is 0 Å². The molecular weight excluding hydrogens is 923 g/mol. The minimum atomic E-state index is 0.911. The van der Waals surface area contributed by atoms with E-state index < -0.39 is 0 Å². The number of rotatable bonds is 5. The summed E-state index contributed by atoms with van der Waals surface area (Å²) in [5.41, 5.74) is 20.1. The number of hydrogen-bond donors (Lipinski definition) is 0. The van der Waals surface area contributed by atoms with Crippen molar-refractivity contribution >= 4 is 109 Å². The van der Waals surface area contributed by atoms with Crippen molar-refractivity contribution in [3.8, 4) is 55.6 Å². The van der Waals surface area contributed by atoms with Gasteiger partial charge in [0.15, 0.2) is 0 Å². The standard InChI is InChI=1S/C71H41N5/c1-11-31-54-42(21-1)64(43-22-2-12-32-55(43)72-54)52-41-53(65-44-23-3-13-33-56(44)73-57-34-14-4-24-45(57)65)70(67-48-27-7-17-37-60(48)75-61-38-18-8-28-49(61)67)71(68-50-29-9-19-39-62(50)76-63-40-20-10-30-51(63)68)69(52)66-46-25-5-15-35-58(46)74-59-36-16-6-26-47(59)66/h1-41H. The molecule has 0 saturated carbocycles. The summed E-state index contributed by atoms with van der Waals surface area (Å²) in [5, 5.41) is 10.5. The Bertz CT molecular complexity index is 4610. The fourth-order valence-electron chi connectivity index (χ4n) is 12.4. The number of nitrogens with zero attached hydrogens (tertiary/aromatic N) is 5. The van der Waals surface area contributed by atoms with Crippen LogP contribution in [0, 0.1) is 0 Å². The van der Waals surface area contributed by atoms with E-state index in [0.717, 1.165) is 165 Å². The number of aromatic nitrogens is 5. The summed E-state index contributed by atoms with van der Waals surface area (Å²) >= 11 is 0. The Balaban J connectivity index is 1.31. The average molecular weight is 964 g/mol. The van der Waals surface area contributed by atoms with Crippen LogP contribution in [0.4, 0.5) is 0 Å². The highest BCUT2D eigenvalue weighted by molar-refractivity contribution is 6.29. The zero-order valence-electron chi connectivity index (χ0n) is 40.9. The Morgan fingerprint density at radius 1 is 0.145 bits per heavy atom. The Morgan fingerprint density at radius 3 is 0.500 bits per heavy atom. The molecule has 350 valence electrons. The van der Waals surface area contributed by atoms with Crippen LogP contribution in [0.25, 0.3) is 165 Å². The second kappa shape index (κ2) is 16.7. The number of hydrogen-bond acceptors (Lipinski definition) is 5. The van der Waals surface area contributed by atoms with Gasteiger partial charge in [-0.1, -0.05) is 182 Å². The monoisotopic (exact) mass is 963 g/mol. The fourth-order valence-corrected chi connectivity index (χ4v) is 12.4. The number of benzene rings is 11. The highest BCUT2D eigenvalue weighted by atomic mass is 14.7. The predicted molar refractivity (Wildman–Crippen MR) is 318 cm³/mol. The van der Waals surface area contributed by atoms with Gasteiger partial charge >= 0.3 is 0 Å². The number of pyridine rings is 5. The molecular formula is C71H41N5. The first-order valence-electron chi connectivity index (χ1n) is 25.8. The van der Waals surface area contributed by atoms with Crippen molar-refractivity contribution in [1.82, 2.24) is 24.9 Å². The van der Waals surface area contributed by atoms with Crippen LogP contribution in [0.15, 0.2) is 249 Å². The van der Waals surface area contributed by atoms with Gasteiger partial charge in [0.25, 0.3) is 0 Å². The van der Waals surface area contributed by atoms with Crippen LogP contribution in [-0.2, 0) is 0 Å². The molecule has 0 N–H and O–H groups in total. The summed E-state index contributed by atoms with van der Waals surface area (Å²) in [6, 6.07) is 89.3. The van der Waals surface area contributed by atoms with E-state index in [1.165, 1.54) is 0 Å². The highest BCUT2D eigenvalue weighted by Gasteiger charge is 2.32. The maximum Gasteiger partial charge on any atom is 0.0715 e. The third-order valence-electron chi connectivity index (χ3n) is 15.6. The Labute approximate surface area is 436 Å². The third kappa shape index (κ3) is 6.30. The van der Waals surface area contributed by atoms with Gasteiger partial charge in [-0.15, -0.1) is 0 Å². The van der Waals surface area contributed by atoms with Gasteiger partial charge in [-0.25, -0.2) is 24.9 Å². The molecule has 0 aliphatic carbocycles. The maximum absolute atomic E-state index is 5.46.